The minimum atomic E-state index is -0.119. The van der Waals surface area contributed by atoms with Gasteiger partial charge in [0.25, 0.3) is 0 Å². The van der Waals surface area contributed by atoms with Crippen LogP contribution >= 0.6 is 23.2 Å². The van der Waals surface area contributed by atoms with Crippen molar-refractivity contribution in [1.82, 2.24) is 0 Å². The SMILES string of the molecule is C1CCCCC1.Nc1cc(Cl)cc(Cl)c1O. The van der Waals surface area contributed by atoms with E-state index in [-0.39, 0.29) is 16.5 Å². The lowest BCUT2D eigenvalue weighted by Crippen LogP contribution is -1.85. The van der Waals surface area contributed by atoms with Crippen LogP contribution in [0.25, 0.3) is 0 Å². The molecule has 1 saturated carbocycles. The summed E-state index contributed by atoms with van der Waals surface area (Å²) >= 11 is 11.1. The molecule has 0 spiro atoms. The van der Waals surface area contributed by atoms with E-state index in [2.05, 4.69) is 0 Å². The van der Waals surface area contributed by atoms with Crippen molar-refractivity contribution in [1.29, 1.82) is 0 Å². The number of halogens is 2. The number of rotatable bonds is 0. The van der Waals surface area contributed by atoms with Crippen molar-refractivity contribution < 1.29 is 5.11 Å². The fraction of sp³-hybridized carbons (Fsp3) is 0.500. The first-order valence-electron chi connectivity index (χ1n) is 5.54. The molecule has 0 radical (unpaired) electrons. The highest BCUT2D eigenvalue weighted by Crippen LogP contribution is 2.32. The van der Waals surface area contributed by atoms with Crippen molar-refractivity contribution in [3.05, 3.63) is 22.2 Å². The van der Waals surface area contributed by atoms with Crippen molar-refractivity contribution in [2.75, 3.05) is 5.73 Å². The van der Waals surface area contributed by atoms with E-state index in [9.17, 15) is 0 Å². The molecule has 1 aromatic rings. The number of hydrogen-bond acceptors (Lipinski definition) is 2. The van der Waals surface area contributed by atoms with E-state index in [0.717, 1.165) is 0 Å². The van der Waals surface area contributed by atoms with Crippen LogP contribution in [0.4, 0.5) is 5.69 Å². The van der Waals surface area contributed by atoms with Gasteiger partial charge in [0.1, 0.15) is 0 Å². The molecule has 0 amide bonds. The van der Waals surface area contributed by atoms with Gasteiger partial charge in [0, 0.05) is 5.02 Å². The van der Waals surface area contributed by atoms with Crippen LogP contribution < -0.4 is 5.73 Å². The van der Waals surface area contributed by atoms with Gasteiger partial charge >= 0.3 is 0 Å². The van der Waals surface area contributed by atoms with Crippen molar-refractivity contribution >= 4 is 28.9 Å². The molecule has 0 heterocycles. The lowest BCUT2D eigenvalue weighted by molar-refractivity contribution is 0.478. The van der Waals surface area contributed by atoms with Gasteiger partial charge in [-0.2, -0.15) is 0 Å². The first-order chi connectivity index (χ1) is 7.61. The van der Waals surface area contributed by atoms with Crippen LogP contribution in [0.15, 0.2) is 12.1 Å². The summed E-state index contributed by atoms with van der Waals surface area (Å²) in [5.41, 5.74) is 5.49. The maximum Gasteiger partial charge on any atom is 0.157 e. The molecule has 0 saturated heterocycles. The van der Waals surface area contributed by atoms with Gasteiger partial charge in [-0.25, -0.2) is 0 Å². The number of aromatic hydroxyl groups is 1. The molecule has 1 aliphatic rings. The van der Waals surface area contributed by atoms with E-state index < -0.39 is 0 Å². The number of hydrogen-bond donors (Lipinski definition) is 2. The maximum absolute atomic E-state index is 9.02. The molecule has 0 aromatic heterocycles. The van der Waals surface area contributed by atoms with Crippen LogP contribution in [-0.2, 0) is 0 Å². The van der Waals surface area contributed by atoms with E-state index in [4.69, 9.17) is 34.0 Å². The molecule has 0 unspecified atom stereocenters. The number of phenolic OH excluding ortho intramolecular Hbond substituents is 1. The summed E-state index contributed by atoms with van der Waals surface area (Å²) in [7, 11) is 0. The highest BCUT2D eigenvalue weighted by Gasteiger charge is 2.02. The van der Waals surface area contributed by atoms with E-state index in [0.29, 0.717) is 5.02 Å². The van der Waals surface area contributed by atoms with Crippen LogP contribution in [0.2, 0.25) is 10.0 Å². The third-order valence-corrected chi connectivity index (χ3v) is 3.06. The third-order valence-electron chi connectivity index (χ3n) is 2.56. The molecule has 90 valence electrons. The Morgan fingerprint density at radius 1 is 0.938 bits per heavy atom. The zero-order valence-corrected chi connectivity index (χ0v) is 10.7. The van der Waals surface area contributed by atoms with E-state index in [1.54, 1.807) is 0 Å². The average Bonchev–Trinajstić information content (AvgIpc) is 2.29. The smallest absolute Gasteiger partial charge is 0.157 e. The predicted molar refractivity (Wildman–Crippen MR) is 70.2 cm³/mol. The van der Waals surface area contributed by atoms with Crippen LogP contribution in [0, 0.1) is 0 Å². The Labute approximate surface area is 106 Å². The number of anilines is 1. The molecule has 16 heavy (non-hydrogen) atoms. The monoisotopic (exact) mass is 261 g/mol. The average molecular weight is 262 g/mol. The Hall–Kier alpha value is -0.600. The highest BCUT2D eigenvalue weighted by molar-refractivity contribution is 6.36. The highest BCUT2D eigenvalue weighted by atomic mass is 35.5. The number of benzene rings is 1. The Morgan fingerprint density at radius 2 is 1.38 bits per heavy atom. The van der Waals surface area contributed by atoms with Gasteiger partial charge in [-0.3, -0.25) is 0 Å². The normalized spacial score (nSPS) is 15.1. The minimum absolute atomic E-state index is 0.119. The Balaban J connectivity index is 0.000000181. The van der Waals surface area contributed by atoms with Crippen LogP contribution in [0.5, 0.6) is 5.75 Å². The third kappa shape index (κ3) is 4.50. The lowest BCUT2D eigenvalue weighted by Gasteiger charge is -2.05. The molecule has 0 bridgehead atoms. The second-order valence-corrected chi connectivity index (χ2v) is 4.79. The summed E-state index contributed by atoms with van der Waals surface area (Å²) < 4.78 is 0. The first kappa shape index (κ1) is 13.5. The van der Waals surface area contributed by atoms with Crippen molar-refractivity contribution in [3.63, 3.8) is 0 Å². The maximum atomic E-state index is 9.02. The molecule has 1 aliphatic carbocycles. The summed E-state index contributed by atoms with van der Waals surface area (Å²) in [5.74, 6) is -0.119. The summed E-state index contributed by atoms with van der Waals surface area (Å²) in [6.45, 7) is 0. The van der Waals surface area contributed by atoms with Crippen molar-refractivity contribution in [2.45, 2.75) is 38.5 Å². The van der Waals surface area contributed by atoms with Crippen molar-refractivity contribution in [3.8, 4) is 5.75 Å². The fourth-order valence-corrected chi connectivity index (χ4v) is 2.16. The van der Waals surface area contributed by atoms with E-state index in [1.165, 1.54) is 50.7 Å². The quantitative estimate of drug-likeness (QED) is 0.529. The fourth-order valence-electron chi connectivity index (χ4n) is 1.65. The van der Waals surface area contributed by atoms with Crippen molar-refractivity contribution in [2.24, 2.45) is 0 Å². The Kier molecular flexibility index (Phi) is 5.78. The molecule has 0 atom stereocenters. The molecule has 2 nitrogen and oxygen atoms in total. The van der Waals surface area contributed by atoms with Gasteiger partial charge in [-0.15, -0.1) is 0 Å². The number of nitrogens with two attached hydrogens (primary N) is 1. The van der Waals surface area contributed by atoms with Gasteiger partial charge in [-0.1, -0.05) is 61.7 Å². The van der Waals surface area contributed by atoms with Gasteiger partial charge in [0.15, 0.2) is 5.75 Å². The molecule has 2 rings (SSSR count). The Morgan fingerprint density at radius 3 is 1.75 bits per heavy atom. The molecule has 3 N–H and O–H groups in total. The van der Waals surface area contributed by atoms with Crippen LogP contribution in [0.1, 0.15) is 38.5 Å². The molecule has 0 aliphatic heterocycles. The summed E-state index contributed by atoms with van der Waals surface area (Å²) in [4.78, 5) is 0. The lowest BCUT2D eigenvalue weighted by atomic mass is 10.0. The van der Waals surface area contributed by atoms with E-state index in [1.807, 2.05) is 0 Å². The second-order valence-electron chi connectivity index (χ2n) is 3.95. The largest absolute Gasteiger partial charge is 0.504 e. The Bertz CT molecular complexity index is 303. The standard InChI is InChI=1S/C6H5Cl2NO.C6H12/c7-3-1-4(8)6(10)5(9)2-3;1-2-4-6-5-3-1/h1-2,10H,9H2;1-6H2. The first-order valence-corrected chi connectivity index (χ1v) is 6.30. The zero-order chi connectivity index (χ0) is 12.0. The van der Waals surface area contributed by atoms with Crippen LogP contribution in [0.3, 0.4) is 0 Å². The molecular formula is C12H17Cl2NO. The van der Waals surface area contributed by atoms with Gasteiger partial charge in [0.2, 0.25) is 0 Å². The predicted octanol–water partition coefficient (Wildman–Crippen LogP) is 4.62. The summed E-state index contributed by atoms with van der Waals surface area (Å²) in [5, 5.41) is 9.60. The zero-order valence-electron chi connectivity index (χ0n) is 9.18. The number of phenols is 1. The molecule has 1 aromatic carbocycles. The summed E-state index contributed by atoms with van der Waals surface area (Å²) in [6.07, 6.45) is 9.00. The topological polar surface area (TPSA) is 46.2 Å². The minimum Gasteiger partial charge on any atom is -0.504 e. The van der Waals surface area contributed by atoms with Crippen LogP contribution in [-0.4, -0.2) is 5.11 Å². The van der Waals surface area contributed by atoms with Gasteiger partial charge < -0.3 is 10.8 Å². The van der Waals surface area contributed by atoms with Gasteiger partial charge in [0.05, 0.1) is 10.7 Å². The van der Waals surface area contributed by atoms with Gasteiger partial charge in [-0.05, 0) is 12.1 Å². The molecule has 1 fully saturated rings. The number of nitrogen functional groups attached to an aromatic ring is 1. The molecular weight excluding hydrogens is 245 g/mol. The second kappa shape index (κ2) is 6.87. The summed E-state index contributed by atoms with van der Waals surface area (Å²) in [6, 6.07) is 2.86. The molecule has 4 heteroatoms. The van der Waals surface area contributed by atoms with E-state index >= 15 is 0 Å².